The van der Waals surface area contributed by atoms with Crippen LogP contribution in [0.1, 0.15) is 5.56 Å². The molecule has 9 heavy (non-hydrogen) atoms. The fourth-order valence-corrected chi connectivity index (χ4v) is 1.10. The number of benzene rings is 1. The summed E-state index contributed by atoms with van der Waals surface area (Å²) in [5.41, 5.74) is 0.959. The second kappa shape index (κ2) is 2.89. The van der Waals surface area contributed by atoms with Gasteiger partial charge in [0.2, 0.25) is 0 Å². The van der Waals surface area contributed by atoms with Gasteiger partial charge in [-0.2, -0.15) is 0 Å². The van der Waals surface area contributed by atoms with Crippen LogP contribution in [0, 0.1) is 12.3 Å². The van der Waals surface area contributed by atoms with Gasteiger partial charge in [0.1, 0.15) is 0 Å². The van der Waals surface area contributed by atoms with E-state index in [4.69, 9.17) is 6.42 Å². The fourth-order valence-electron chi connectivity index (χ4n) is 0.559. The number of terminal acetylenes is 1. The molecule has 0 bridgehead atoms. The molecule has 1 aromatic carbocycles. The maximum absolute atomic E-state index is 5.19. The standard InChI is InChI=1S/C8H5.Au/c1-2-8-6-4-3-5-7-8;/h1,3-6H;. The Labute approximate surface area is 67.2 Å². The molecule has 0 saturated heterocycles. The zero-order valence-electron chi connectivity index (χ0n) is 4.69. The van der Waals surface area contributed by atoms with Crippen molar-refractivity contribution in [1.82, 2.24) is 0 Å². The topological polar surface area (TPSA) is 0 Å². The Bertz CT molecular complexity index is 245. The van der Waals surface area contributed by atoms with E-state index >= 15 is 0 Å². The first-order chi connectivity index (χ1) is 4.34. The van der Waals surface area contributed by atoms with Crippen molar-refractivity contribution < 1.29 is 21.1 Å². The maximum atomic E-state index is 5.19. The van der Waals surface area contributed by atoms with Crippen LogP contribution >= 0.6 is 0 Å². The molecule has 0 unspecified atom stereocenters. The van der Waals surface area contributed by atoms with Crippen LogP contribution in [-0.2, 0) is 21.1 Å². The first-order valence-electron chi connectivity index (χ1n) is 2.52. The number of rotatable bonds is 0. The van der Waals surface area contributed by atoms with E-state index in [2.05, 4.69) is 27.0 Å². The Hall–Kier alpha value is -0.480. The van der Waals surface area contributed by atoms with E-state index in [-0.39, 0.29) is 0 Å². The van der Waals surface area contributed by atoms with Gasteiger partial charge in [-0.25, -0.2) is 0 Å². The molecule has 0 aliphatic heterocycles. The summed E-state index contributed by atoms with van der Waals surface area (Å²) in [4.78, 5) is 0. The van der Waals surface area contributed by atoms with Gasteiger partial charge >= 0.3 is 67.0 Å². The van der Waals surface area contributed by atoms with Crippen molar-refractivity contribution in [3.63, 3.8) is 0 Å². The van der Waals surface area contributed by atoms with Crippen molar-refractivity contribution in [2.45, 2.75) is 0 Å². The molecule has 1 heteroatoms. The summed E-state index contributed by atoms with van der Waals surface area (Å²) in [6.45, 7) is 0. The van der Waals surface area contributed by atoms with Gasteiger partial charge in [-0.1, -0.05) is 0 Å². The van der Waals surface area contributed by atoms with Crippen LogP contribution in [0.2, 0.25) is 0 Å². The van der Waals surface area contributed by atoms with Crippen LogP contribution in [0.3, 0.4) is 0 Å². The van der Waals surface area contributed by atoms with Gasteiger partial charge in [-0.05, 0) is 0 Å². The SMILES string of the molecule is C#Cc1cccc[c]1[Au]. The molecule has 1 rings (SSSR count). The van der Waals surface area contributed by atoms with Gasteiger partial charge in [0, 0.05) is 0 Å². The van der Waals surface area contributed by atoms with Crippen LogP contribution in [0.15, 0.2) is 24.3 Å². The van der Waals surface area contributed by atoms with Gasteiger partial charge < -0.3 is 0 Å². The number of hydrogen-bond donors (Lipinski definition) is 0. The summed E-state index contributed by atoms with van der Waals surface area (Å²) in [6, 6.07) is 7.82. The van der Waals surface area contributed by atoms with Gasteiger partial charge in [0.05, 0.1) is 0 Å². The van der Waals surface area contributed by atoms with E-state index in [1.54, 1.807) is 0 Å². The molecule has 0 heterocycles. The summed E-state index contributed by atoms with van der Waals surface area (Å²) in [5.74, 6) is 2.58. The molecule has 0 nitrogen and oxygen atoms in total. The molecule has 0 aliphatic carbocycles. The second-order valence-corrected chi connectivity index (χ2v) is 2.75. The third-order valence-electron chi connectivity index (χ3n) is 0.996. The van der Waals surface area contributed by atoms with Gasteiger partial charge in [-0.15, -0.1) is 0 Å². The third-order valence-corrected chi connectivity index (χ3v) is 1.94. The zero-order chi connectivity index (χ0) is 6.69. The molecule has 0 aliphatic rings. The summed E-state index contributed by atoms with van der Waals surface area (Å²) < 4.78 is 1.11. The average molecular weight is 298 g/mol. The minimum absolute atomic E-state index is 0.959. The predicted octanol–water partition coefficient (Wildman–Crippen LogP) is 0.840. The van der Waals surface area contributed by atoms with Crippen LogP contribution in [-0.4, -0.2) is 0 Å². The van der Waals surface area contributed by atoms with Crippen molar-refractivity contribution in [2.75, 3.05) is 0 Å². The summed E-state index contributed by atoms with van der Waals surface area (Å²) in [5, 5.41) is 0. The monoisotopic (exact) mass is 298 g/mol. The van der Waals surface area contributed by atoms with Crippen LogP contribution in [0.25, 0.3) is 0 Å². The van der Waals surface area contributed by atoms with Crippen molar-refractivity contribution in [3.8, 4) is 12.3 Å². The van der Waals surface area contributed by atoms with Crippen molar-refractivity contribution in [2.24, 2.45) is 0 Å². The molecule has 0 saturated carbocycles. The van der Waals surface area contributed by atoms with E-state index in [9.17, 15) is 0 Å². The number of hydrogen-bond acceptors (Lipinski definition) is 0. The second-order valence-electron chi connectivity index (χ2n) is 1.58. The van der Waals surface area contributed by atoms with Crippen LogP contribution in [0.4, 0.5) is 0 Å². The molecule has 0 amide bonds. The average Bonchev–Trinajstić information content (AvgIpc) is 1.89. The fraction of sp³-hybridized carbons (Fsp3) is 0. The molecule has 0 spiro atoms. The van der Waals surface area contributed by atoms with Crippen LogP contribution in [0.5, 0.6) is 0 Å². The Morgan fingerprint density at radius 3 is 2.44 bits per heavy atom. The molecule has 0 N–H and O–H groups in total. The minimum atomic E-state index is 0.959. The molecular formula is C8H5Au. The molecular weight excluding hydrogens is 293 g/mol. The van der Waals surface area contributed by atoms with Gasteiger partial charge in [0.25, 0.3) is 0 Å². The van der Waals surface area contributed by atoms with Gasteiger partial charge in [-0.3, -0.25) is 0 Å². The molecule has 1 aromatic rings. The van der Waals surface area contributed by atoms with E-state index in [1.165, 1.54) is 0 Å². The first kappa shape index (κ1) is 6.64. The van der Waals surface area contributed by atoms with Crippen molar-refractivity contribution in [3.05, 3.63) is 29.8 Å². The Balaban J connectivity index is 3.20. The van der Waals surface area contributed by atoms with E-state index in [1.807, 2.05) is 24.3 Å². The molecule has 0 fully saturated rings. The predicted molar refractivity (Wildman–Crippen MR) is 34.0 cm³/mol. The molecule has 0 atom stereocenters. The third kappa shape index (κ3) is 1.46. The zero-order valence-corrected chi connectivity index (χ0v) is 6.85. The van der Waals surface area contributed by atoms with Crippen molar-refractivity contribution >= 4 is 3.78 Å². The molecule has 0 aromatic heterocycles. The molecule has 0 radical (unpaired) electrons. The summed E-state index contributed by atoms with van der Waals surface area (Å²) >= 11 is 2.40. The van der Waals surface area contributed by atoms with E-state index in [0.29, 0.717) is 0 Å². The van der Waals surface area contributed by atoms with Crippen molar-refractivity contribution in [1.29, 1.82) is 0 Å². The normalized spacial score (nSPS) is 8.56. The van der Waals surface area contributed by atoms with Crippen LogP contribution < -0.4 is 3.78 Å². The summed E-state index contributed by atoms with van der Waals surface area (Å²) in [6.07, 6.45) is 5.19. The quantitative estimate of drug-likeness (QED) is 0.492. The molecule has 48 valence electrons. The summed E-state index contributed by atoms with van der Waals surface area (Å²) in [7, 11) is 0. The van der Waals surface area contributed by atoms with E-state index in [0.717, 1.165) is 9.34 Å². The van der Waals surface area contributed by atoms with E-state index < -0.39 is 0 Å². The first-order valence-corrected chi connectivity index (χ1v) is 3.60. The van der Waals surface area contributed by atoms with Gasteiger partial charge in [0.15, 0.2) is 0 Å². The Morgan fingerprint density at radius 1 is 1.33 bits per heavy atom. The Kier molecular flexibility index (Phi) is 2.13. The Morgan fingerprint density at radius 2 is 2.00 bits per heavy atom.